The predicted molar refractivity (Wildman–Crippen MR) is 125 cm³/mol. The summed E-state index contributed by atoms with van der Waals surface area (Å²) in [5.74, 6) is -1.02. The first-order valence-corrected chi connectivity index (χ1v) is 10.6. The minimum Gasteiger partial charge on any atom is -0.488 e. The van der Waals surface area contributed by atoms with Crippen LogP contribution in [0.4, 0.5) is 5.69 Å². The number of rotatable bonds is 6. The molecule has 0 saturated carbocycles. The van der Waals surface area contributed by atoms with Gasteiger partial charge in [0.15, 0.2) is 0 Å². The molecule has 0 unspecified atom stereocenters. The third-order valence-electron chi connectivity index (χ3n) is 4.17. The summed E-state index contributed by atoms with van der Waals surface area (Å²) in [7, 11) is 0. The fourth-order valence-electron chi connectivity index (χ4n) is 2.81. The van der Waals surface area contributed by atoms with E-state index in [1.807, 2.05) is 12.1 Å². The summed E-state index contributed by atoms with van der Waals surface area (Å²) < 4.78 is 7.26. The third kappa shape index (κ3) is 4.50. The SMILES string of the molecule is C=CCOc1c(Br)cc(Br)cc1C=C1C(=O)N(c2ccc(Cl)c(C(=O)O)c2)N=C1C. The summed E-state index contributed by atoms with van der Waals surface area (Å²) >= 11 is 12.8. The molecule has 6 nitrogen and oxygen atoms in total. The highest BCUT2D eigenvalue weighted by Crippen LogP contribution is 2.36. The number of aromatic carboxylic acids is 1. The first kappa shape index (κ1) is 22.3. The highest BCUT2D eigenvalue weighted by molar-refractivity contribution is 9.11. The van der Waals surface area contributed by atoms with Crippen LogP contribution in [0.1, 0.15) is 22.8 Å². The van der Waals surface area contributed by atoms with Crippen molar-refractivity contribution in [2.24, 2.45) is 5.10 Å². The minimum absolute atomic E-state index is 0.0809. The molecule has 0 aliphatic carbocycles. The van der Waals surface area contributed by atoms with E-state index in [-0.39, 0.29) is 10.6 Å². The lowest BCUT2D eigenvalue weighted by Gasteiger charge is -2.14. The molecule has 2 aromatic rings. The molecule has 1 aliphatic rings. The summed E-state index contributed by atoms with van der Waals surface area (Å²) in [6.07, 6.45) is 3.31. The van der Waals surface area contributed by atoms with Gasteiger partial charge in [0.25, 0.3) is 5.91 Å². The van der Waals surface area contributed by atoms with Crippen molar-refractivity contribution in [3.05, 3.63) is 73.7 Å². The standard InChI is InChI=1S/C21H15Br2ClN2O4/c1-3-6-30-19-12(7-13(22)9-17(19)23)8-15-11(2)25-26(20(15)27)14-4-5-18(24)16(10-14)21(28)29/h3-5,7-10H,1,6H2,2H3,(H,28,29). The first-order valence-electron chi connectivity index (χ1n) is 8.60. The number of nitrogens with zero attached hydrogens (tertiary/aromatic N) is 2. The van der Waals surface area contributed by atoms with Gasteiger partial charge in [-0.15, -0.1) is 0 Å². The van der Waals surface area contributed by atoms with Crippen LogP contribution < -0.4 is 9.75 Å². The molecule has 1 heterocycles. The van der Waals surface area contributed by atoms with Gasteiger partial charge in [-0.05, 0) is 59.3 Å². The van der Waals surface area contributed by atoms with Gasteiger partial charge in [0.05, 0.1) is 32.0 Å². The fraction of sp³-hybridized carbons (Fsp3) is 0.0952. The summed E-state index contributed by atoms with van der Waals surface area (Å²) in [4.78, 5) is 24.4. The van der Waals surface area contributed by atoms with E-state index in [0.29, 0.717) is 39.4 Å². The molecule has 1 N–H and O–H groups in total. The van der Waals surface area contributed by atoms with Crippen LogP contribution in [0.15, 0.2) is 62.6 Å². The lowest BCUT2D eigenvalue weighted by atomic mass is 10.1. The molecule has 1 amide bonds. The molecular weight excluding hydrogens is 540 g/mol. The summed E-state index contributed by atoms with van der Waals surface area (Å²) in [5, 5.41) is 14.8. The molecule has 3 rings (SSSR count). The molecule has 0 bridgehead atoms. The second-order valence-electron chi connectivity index (χ2n) is 6.24. The average molecular weight is 555 g/mol. The molecule has 0 fully saturated rings. The number of anilines is 1. The Labute approximate surface area is 194 Å². The molecule has 1 aliphatic heterocycles. The van der Waals surface area contributed by atoms with E-state index in [1.165, 1.54) is 12.1 Å². The zero-order valence-corrected chi connectivity index (χ0v) is 19.6. The predicted octanol–water partition coefficient (Wildman–Crippen LogP) is 5.93. The number of carbonyl (C=O) groups excluding carboxylic acids is 1. The molecule has 9 heteroatoms. The Morgan fingerprint density at radius 1 is 1.33 bits per heavy atom. The number of carboxylic acid groups (broad SMARTS) is 1. The van der Waals surface area contributed by atoms with Crippen molar-refractivity contribution in [2.75, 3.05) is 11.6 Å². The van der Waals surface area contributed by atoms with Gasteiger partial charge in [-0.1, -0.05) is 40.2 Å². The smallest absolute Gasteiger partial charge is 0.337 e. The summed E-state index contributed by atoms with van der Waals surface area (Å²) in [6.45, 7) is 5.65. The Hall–Kier alpha value is -2.42. The van der Waals surface area contributed by atoms with Crippen LogP contribution in [0, 0.1) is 0 Å². The van der Waals surface area contributed by atoms with Crippen LogP contribution in [0.2, 0.25) is 5.02 Å². The number of hydrazone groups is 1. The fourth-order valence-corrected chi connectivity index (χ4v) is 4.38. The van der Waals surface area contributed by atoms with Gasteiger partial charge in [0.2, 0.25) is 0 Å². The molecular formula is C21H15Br2ClN2O4. The van der Waals surface area contributed by atoms with E-state index in [9.17, 15) is 14.7 Å². The third-order valence-corrected chi connectivity index (χ3v) is 5.55. The number of hydrogen-bond donors (Lipinski definition) is 1. The maximum Gasteiger partial charge on any atom is 0.337 e. The summed E-state index contributed by atoms with van der Waals surface area (Å²) in [5.41, 5.74) is 1.71. The molecule has 0 spiro atoms. The highest BCUT2D eigenvalue weighted by Gasteiger charge is 2.30. The molecule has 0 aromatic heterocycles. The van der Waals surface area contributed by atoms with Gasteiger partial charge in [-0.3, -0.25) is 4.79 Å². The van der Waals surface area contributed by atoms with Crippen LogP contribution >= 0.6 is 43.5 Å². The number of carbonyl (C=O) groups is 2. The number of ether oxygens (including phenoxy) is 1. The van der Waals surface area contributed by atoms with Crippen molar-refractivity contribution in [3.8, 4) is 5.75 Å². The number of halogens is 3. The van der Waals surface area contributed by atoms with E-state index in [1.54, 1.807) is 25.1 Å². The van der Waals surface area contributed by atoms with Crippen LogP contribution in [0.5, 0.6) is 5.75 Å². The van der Waals surface area contributed by atoms with Crippen molar-refractivity contribution >= 4 is 72.8 Å². The maximum atomic E-state index is 13.1. The van der Waals surface area contributed by atoms with Crippen LogP contribution in [0.25, 0.3) is 6.08 Å². The zero-order chi connectivity index (χ0) is 22.0. The Bertz CT molecular complexity index is 1130. The van der Waals surface area contributed by atoms with Gasteiger partial charge in [0.1, 0.15) is 12.4 Å². The Morgan fingerprint density at radius 3 is 2.73 bits per heavy atom. The van der Waals surface area contributed by atoms with Crippen molar-refractivity contribution in [3.63, 3.8) is 0 Å². The van der Waals surface area contributed by atoms with Gasteiger partial charge in [0, 0.05) is 10.0 Å². The minimum atomic E-state index is -1.19. The second-order valence-corrected chi connectivity index (χ2v) is 8.41. The lowest BCUT2D eigenvalue weighted by molar-refractivity contribution is -0.114. The normalized spacial score (nSPS) is 14.8. The van der Waals surface area contributed by atoms with E-state index in [4.69, 9.17) is 16.3 Å². The molecule has 30 heavy (non-hydrogen) atoms. The van der Waals surface area contributed by atoms with Gasteiger partial charge < -0.3 is 9.84 Å². The van der Waals surface area contributed by atoms with Gasteiger partial charge in [-0.25, -0.2) is 4.79 Å². The number of hydrogen-bond acceptors (Lipinski definition) is 4. The summed E-state index contributed by atoms with van der Waals surface area (Å²) in [6, 6.07) is 7.94. The molecule has 0 saturated heterocycles. The number of benzene rings is 2. The number of carboxylic acids is 1. The van der Waals surface area contributed by atoms with Crippen molar-refractivity contribution < 1.29 is 19.4 Å². The maximum absolute atomic E-state index is 13.1. The van der Waals surface area contributed by atoms with Crippen LogP contribution in [-0.2, 0) is 4.79 Å². The van der Waals surface area contributed by atoms with Gasteiger partial charge in [-0.2, -0.15) is 10.1 Å². The first-order chi connectivity index (χ1) is 14.2. The molecule has 154 valence electrons. The lowest BCUT2D eigenvalue weighted by Crippen LogP contribution is -2.21. The van der Waals surface area contributed by atoms with E-state index in [0.717, 1.165) is 9.48 Å². The highest BCUT2D eigenvalue weighted by atomic mass is 79.9. The van der Waals surface area contributed by atoms with Crippen molar-refractivity contribution in [1.29, 1.82) is 0 Å². The monoisotopic (exact) mass is 552 g/mol. The van der Waals surface area contributed by atoms with Crippen LogP contribution in [-0.4, -0.2) is 29.3 Å². The topological polar surface area (TPSA) is 79.2 Å². The number of amides is 1. The van der Waals surface area contributed by atoms with Crippen molar-refractivity contribution in [1.82, 2.24) is 0 Å². The Kier molecular flexibility index (Phi) is 6.80. The van der Waals surface area contributed by atoms with Gasteiger partial charge >= 0.3 is 5.97 Å². The van der Waals surface area contributed by atoms with E-state index < -0.39 is 11.9 Å². The quantitative estimate of drug-likeness (QED) is 0.355. The van der Waals surface area contributed by atoms with E-state index >= 15 is 0 Å². The molecule has 0 radical (unpaired) electrons. The second kappa shape index (κ2) is 9.16. The average Bonchev–Trinajstić information content (AvgIpc) is 2.95. The molecule has 2 aromatic carbocycles. The Balaban J connectivity index is 2.03. The molecule has 0 atom stereocenters. The van der Waals surface area contributed by atoms with Crippen molar-refractivity contribution in [2.45, 2.75) is 6.92 Å². The van der Waals surface area contributed by atoms with Crippen LogP contribution in [0.3, 0.4) is 0 Å². The van der Waals surface area contributed by atoms with E-state index in [2.05, 4.69) is 43.5 Å². The Morgan fingerprint density at radius 2 is 2.07 bits per heavy atom. The zero-order valence-electron chi connectivity index (χ0n) is 15.7. The largest absolute Gasteiger partial charge is 0.488 e.